The van der Waals surface area contributed by atoms with Gasteiger partial charge in [0.1, 0.15) is 5.57 Å². The topological polar surface area (TPSA) is 63.6 Å². The number of benzene rings is 1. The van der Waals surface area contributed by atoms with Crippen LogP contribution >= 0.6 is 0 Å². The molecule has 0 atom stereocenters. The standard InChI is InChI=1S/C10H8O4/c1-7(10(12)14-13)9(11)8-5-3-2-4-6-8/h2-6,13H,1H2. The quantitative estimate of drug-likeness (QED) is 0.196. The lowest BCUT2D eigenvalue weighted by molar-refractivity contribution is -0.228. The zero-order chi connectivity index (χ0) is 10.6. The predicted molar refractivity (Wildman–Crippen MR) is 48.6 cm³/mol. The van der Waals surface area contributed by atoms with E-state index in [4.69, 9.17) is 5.26 Å². The molecule has 0 fully saturated rings. The summed E-state index contributed by atoms with van der Waals surface area (Å²) in [7, 11) is 0. The van der Waals surface area contributed by atoms with Gasteiger partial charge in [-0.2, -0.15) is 5.26 Å². The number of ketones is 1. The summed E-state index contributed by atoms with van der Waals surface area (Å²) < 4.78 is 0. The van der Waals surface area contributed by atoms with Crippen molar-refractivity contribution < 1.29 is 19.7 Å². The minimum absolute atomic E-state index is 0.322. The zero-order valence-corrected chi connectivity index (χ0v) is 7.27. The molecule has 1 aromatic rings. The second kappa shape index (κ2) is 4.34. The molecule has 0 bridgehead atoms. The van der Waals surface area contributed by atoms with Crippen molar-refractivity contribution in [3.63, 3.8) is 0 Å². The molecule has 0 spiro atoms. The van der Waals surface area contributed by atoms with Gasteiger partial charge in [-0.3, -0.25) is 9.68 Å². The van der Waals surface area contributed by atoms with Crippen LogP contribution in [0.25, 0.3) is 0 Å². The van der Waals surface area contributed by atoms with Crippen LogP contribution in [0.5, 0.6) is 0 Å². The minimum atomic E-state index is -1.14. The van der Waals surface area contributed by atoms with Gasteiger partial charge in [0.15, 0.2) is 5.78 Å². The SMILES string of the molecule is C=C(C(=O)OO)C(=O)c1ccccc1. The number of carbonyl (C=O) groups is 2. The van der Waals surface area contributed by atoms with E-state index in [1.807, 2.05) is 0 Å². The maximum atomic E-state index is 11.4. The summed E-state index contributed by atoms with van der Waals surface area (Å²) in [5, 5.41) is 8.04. The Balaban J connectivity index is 2.87. The van der Waals surface area contributed by atoms with Gasteiger partial charge in [0, 0.05) is 5.56 Å². The second-order valence-electron chi connectivity index (χ2n) is 2.55. The Kier molecular flexibility index (Phi) is 3.14. The first kappa shape index (κ1) is 10.1. The Hall–Kier alpha value is -1.94. The van der Waals surface area contributed by atoms with Crippen LogP contribution in [-0.4, -0.2) is 17.0 Å². The Morgan fingerprint density at radius 1 is 1.21 bits per heavy atom. The molecule has 0 aliphatic heterocycles. The van der Waals surface area contributed by atoms with Crippen molar-refractivity contribution in [3.05, 3.63) is 48.0 Å². The summed E-state index contributed by atoms with van der Waals surface area (Å²) in [6, 6.07) is 8.13. The van der Waals surface area contributed by atoms with Crippen LogP contribution in [0.4, 0.5) is 0 Å². The first-order chi connectivity index (χ1) is 6.66. The monoisotopic (exact) mass is 192 g/mol. The van der Waals surface area contributed by atoms with Gasteiger partial charge in [-0.15, -0.1) is 0 Å². The molecule has 4 nitrogen and oxygen atoms in total. The van der Waals surface area contributed by atoms with Gasteiger partial charge in [-0.05, 0) is 0 Å². The van der Waals surface area contributed by atoms with Gasteiger partial charge in [0.05, 0.1) is 0 Å². The van der Waals surface area contributed by atoms with Crippen molar-refractivity contribution in [2.45, 2.75) is 0 Å². The molecule has 4 heteroatoms. The van der Waals surface area contributed by atoms with Gasteiger partial charge < -0.3 is 0 Å². The molecular weight excluding hydrogens is 184 g/mol. The highest BCUT2D eigenvalue weighted by molar-refractivity contribution is 6.23. The summed E-state index contributed by atoms with van der Waals surface area (Å²) >= 11 is 0. The van der Waals surface area contributed by atoms with Gasteiger partial charge in [-0.25, -0.2) is 4.79 Å². The van der Waals surface area contributed by atoms with E-state index in [9.17, 15) is 9.59 Å². The van der Waals surface area contributed by atoms with Crippen LogP contribution in [0, 0.1) is 0 Å². The van der Waals surface area contributed by atoms with Crippen LogP contribution < -0.4 is 0 Å². The number of carbonyl (C=O) groups excluding carboxylic acids is 2. The maximum Gasteiger partial charge on any atom is 0.376 e. The largest absolute Gasteiger partial charge is 0.376 e. The molecule has 1 aromatic carbocycles. The molecule has 0 radical (unpaired) electrons. The molecule has 0 heterocycles. The summed E-state index contributed by atoms with van der Waals surface area (Å²) in [6.45, 7) is 3.22. The molecule has 0 aliphatic rings. The molecule has 72 valence electrons. The average molecular weight is 192 g/mol. The molecule has 0 saturated heterocycles. The molecule has 14 heavy (non-hydrogen) atoms. The Morgan fingerprint density at radius 3 is 2.29 bits per heavy atom. The molecule has 1 rings (SSSR count). The van der Waals surface area contributed by atoms with Gasteiger partial charge in [0.2, 0.25) is 0 Å². The fraction of sp³-hybridized carbons (Fsp3) is 0. The van der Waals surface area contributed by atoms with Crippen LogP contribution in [0.15, 0.2) is 42.5 Å². The summed E-state index contributed by atoms with van der Waals surface area (Å²) in [6.07, 6.45) is 0. The van der Waals surface area contributed by atoms with Gasteiger partial charge in [-0.1, -0.05) is 36.9 Å². The lowest BCUT2D eigenvalue weighted by Gasteiger charge is -2.00. The van der Waals surface area contributed by atoms with Crippen LogP contribution in [-0.2, 0) is 9.68 Å². The fourth-order valence-corrected chi connectivity index (χ4v) is 0.912. The third kappa shape index (κ3) is 2.05. The van der Waals surface area contributed by atoms with Crippen LogP contribution in [0.2, 0.25) is 0 Å². The van der Waals surface area contributed by atoms with E-state index >= 15 is 0 Å². The molecule has 0 unspecified atom stereocenters. The van der Waals surface area contributed by atoms with Crippen LogP contribution in [0.1, 0.15) is 10.4 Å². The second-order valence-corrected chi connectivity index (χ2v) is 2.55. The lowest BCUT2D eigenvalue weighted by atomic mass is 10.1. The summed E-state index contributed by atoms with van der Waals surface area (Å²) in [5.74, 6) is -1.71. The highest BCUT2D eigenvalue weighted by Gasteiger charge is 2.18. The van der Waals surface area contributed by atoms with E-state index in [2.05, 4.69) is 11.5 Å². The van der Waals surface area contributed by atoms with Crippen LogP contribution in [0.3, 0.4) is 0 Å². The molecule has 0 aliphatic carbocycles. The van der Waals surface area contributed by atoms with Crippen molar-refractivity contribution in [2.75, 3.05) is 0 Å². The van der Waals surface area contributed by atoms with E-state index in [0.29, 0.717) is 5.56 Å². The Morgan fingerprint density at radius 2 is 1.79 bits per heavy atom. The van der Waals surface area contributed by atoms with E-state index in [0.717, 1.165) is 0 Å². The zero-order valence-electron chi connectivity index (χ0n) is 7.27. The molecule has 0 aromatic heterocycles. The first-order valence-electron chi connectivity index (χ1n) is 3.81. The van der Waals surface area contributed by atoms with Crippen molar-refractivity contribution in [3.8, 4) is 0 Å². The Labute approximate surface area is 80.4 Å². The minimum Gasteiger partial charge on any atom is -0.295 e. The van der Waals surface area contributed by atoms with Crippen molar-refractivity contribution in [1.82, 2.24) is 0 Å². The molecule has 1 N–H and O–H groups in total. The number of hydrogen-bond acceptors (Lipinski definition) is 4. The van der Waals surface area contributed by atoms with E-state index < -0.39 is 17.3 Å². The van der Waals surface area contributed by atoms with Gasteiger partial charge in [0.25, 0.3) is 0 Å². The third-order valence-corrected chi connectivity index (χ3v) is 1.64. The number of rotatable bonds is 3. The predicted octanol–water partition coefficient (Wildman–Crippen LogP) is 1.44. The average Bonchev–Trinajstić information content (AvgIpc) is 2.27. The Bertz CT molecular complexity index is 367. The van der Waals surface area contributed by atoms with E-state index in [1.165, 1.54) is 12.1 Å². The van der Waals surface area contributed by atoms with E-state index in [1.54, 1.807) is 18.2 Å². The highest BCUT2D eigenvalue weighted by Crippen LogP contribution is 2.07. The van der Waals surface area contributed by atoms with Crippen molar-refractivity contribution in [1.29, 1.82) is 0 Å². The maximum absolute atomic E-state index is 11.4. The normalized spacial score (nSPS) is 9.21. The van der Waals surface area contributed by atoms with Crippen molar-refractivity contribution in [2.24, 2.45) is 0 Å². The highest BCUT2D eigenvalue weighted by atomic mass is 17.1. The number of hydrogen-bond donors (Lipinski definition) is 1. The third-order valence-electron chi connectivity index (χ3n) is 1.64. The summed E-state index contributed by atoms with van der Waals surface area (Å²) in [4.78, 5) is 25.6. The van der Waals surface area contributed by atoms with E-state index in [-0.39, 0.29) is 0 Å². The lowest BCUT2D eigenvalue weighted by Crippen LogP contribution is -2.13. The van der Waals surface area contributed by atoms with Gasteiger partial charge >= 0.3 is 5.97 Å². The van der Waals surface area contributed by atoms with Crippen molar-refractivity contribution >= 4 is 11.8 Å². The molecular formula is C10H8O4. The molecule has 0 saturated carbocycles. The fourth-order valence-electron chi connectivity index (χ4n) is 0.912. The summed E-state index contributed by atoms with van der Waals surface area (Å²) in [5.41, 5.74) is -0.0819. The molecule has 0 amide bonds. The smallest absolute Gasteiger partial charge is 0.295 e. The first-order valence-corrected chi connectivity index (χ1v) is 3.81. The number of Topliss-reactive ketones (excluding diaryl/α,β-unsaturated/α-hetero) is 1.